The highest BCUT2D eigenvalue weighted by Crippen LogP contribution is 2.28. The molecule has 1 atom stereocenters. The lowest BCUT2D eigenvalue weighted by Crippen LogP contribution is -2.61. The largest absolute Gasteiger partial charge is 0.444 e. The van der Waals surface area contributed by atoms with Crippen molar-refractivity contribution in [1.82, 2.24) is 19.9 Å². The number of carbonyl (C=O) groups excluding carboxylic acids is 3. The molecule has 2 fully saturated rings. The van der Waals surface area contributed by atoms with Gasteiger partial charge in [-0.1, -0.05) is 5.16 Å². The lowest BCUT2D eigenvalue weighted by Gasteiger charge is -2.44. The third-order valence-electron chi connectivity index (χ3n) is 5.78. The van der Waals surface area contributed by atoms with Gasteiger partial charge < -0.3 is 24.0 Å². The maximum atomic E-state index is 13.7. The van der Waals surface area contributed by atoms with Crippen LogP contribution in [0.1, 0.15) is 60.8 Å². The number of anilines is 1. The summed E-state index contributed by atoms with van der Waals surface area (Å²) < 4.78 is 10.4. The third kappa shape index (κ3) is 5.97. The fraction of sp³-hybridized carbons (Fsp3) is 0.739. The van der Waals surface area contributed by atoms with E-state index in [1.54, 1.807) is 25.7 Å². The second-order valence-electron chi connectivity index (χ2n) is 10.6. The van der Waals surface area contributed by atoms with E-state index in [1.807, 2.05) is 41.5 Å². The number of ether oxygens (including phenoxy) is 1. The summed E-state index contributed by atoms with van der Waals surface area (Å²) in [5.41, 5.74) is -1.09. The summed E-state index contributed by atoms with van der Waals surface area (Å²) in [6.45, 7) is 13.4. The Hall–Kier alpha value is -2.78. The number of hydrogen-bond donors (Lipinski definition) is 0. The highest BCUT2D eigenvalue weighted by atomic mass is 16.6. The standard InChI is InChI=1S/C23H37N5O5/c1-22(2,3)28(18-10-16-32-24-18)19(29)17-9-7-8-11-27(17)20(30)25-12-14-26(15-13-25)21(31)33-23(4,5)6/h10,16-17H,7-9,11-15H2,1-6H3. The molecule has 0 saturated carbocycles. The molecule has 10 heteroatoms. The molecule has 2 saturated heterocycles. The van der Waals surface area contributed by atoms with Gasteiger partial charge in [0.15, 0.2) is 5.82 Å². The molecule has 10 nitrogen and oxygen atoms in total. The van der Waals surface area contributed by atoms with E-state index in [4.69, 9.17) is 9.26 Å². The van der Waals surface area contributed by atoms with Crippen LogP contribution in [0.4, 0.5) is 15.4 Å². The van der Waals surface area contributed by atoms with Gasteiger partial charge in [-0.3, -0.25) is 9.69 Å². The van der Waals surface area contributed by atoms with Crippen molar-refractivity contribution in [3.05, 3.63) is 12.3 Å². The summed E-state index contributed by atoms with van der Waals surface area (Å²) in [5, 5.41) is 3.98. The van der Waals surface area contributed by atoms with E-state index >= 15 is 0 Å². The molecule has 0 aromatic carbocycles. The van der Waals surface area contributed by atoms with E-state index in [0.717, 1.165) is 12.8 Å². The minimum Gasteiger partial charge on any atom is -0.444 e. The number of urea groups is 1. The Labute approximate surface area is 195 Å². The first kappa shape index (κ1) is 24.9. The molecule has 0 spiro atoms. The highest BCUT2D eigenvalue weighted by molar-refractivity contribution is 5.99. The summed E-state index contributed by atoms with van der Waals surface area (Å²) in [4.78, 5) is 46.1. The Bertz CT molecular complexity index is 834. The van der Waals surface area contributed by atoms with Crippen LogP contribution in [0.2, 0.25) is 0 Å². The van der Waals surface area contributed by atoms with Gasteiger partial charge in [-0.15, -0.1) is 0 Å². The van der Waals surface area contributed by atoms with Crippen LogP contribution in [0.5, 0.6) is 0 Å². The summed E-state index contributed by atoms with van der Waals surface area (Å²) in [6.07, 6.45) is 3.41. The number of piperazine rings is 1. The van der Waals surface area contributed by atoms with Gasteiger partial charge in [-0.25, -0.2) is 9.59 Å². The number of rotatable bonds is 2. The molecule has 4 amide bonds. The molecule has 3 heterocycles. The summed E-state index contributed by atoms with van der Waals surface area (Å²) in [6, 6.07) is 0.936. The quantitative estimate of drug-likeness (QED) is 0.667. The predicted octanol–water partition coefficient (Wildman–Crippen LogP) is 3.33. The maximum absolute atomic E-state index is 13.7. The van der Waals surface area contributed by atoms with Crippen LogP contribution in [-0.4, -0.2) is 87.8 Å². The average Bonchev–Trinajstić information content (AvgIpc) is 3.25. The lowest BCUT2D eigenvalue weighted by atomic mass is 9.98. The summed E-state index contributed by atoms with van der Waals surface area (Å²) >= 11 is 0. The van der Waals surface area contributed by atoms with E-state index in [2.05, 4.69) is 5.16 Å². The fourth-order valence-electron chi connectivity index (χ4n) is 4.26. The topological polar surface area (TPSA) is 99.4 Å². The van der Waals surface area contributed by atoms with Crippen molar-refractivity contribution in [2.45, 2.75) is 78.0 Å². The Morgan fingerprint density at radius 2 is 1.64 bits per heavy atom. The molecule has 2 aliphatic rings. The Morgan fingerprint density at radius 3 is 2.18 bits per heavy atom. The number of aromatic nitrogens is 1. The third-order valence-corrected chi connectivity index (χ3v) is 5.78. The Balaban J connectivity index is 1.69. The van der Waals surface area contributed by atoms with Crippen molar-refractivity contribution in [3.8, 4) is 0 Å². The van der Waals surface area contributed by atoms with Crippen LogP contribution in [-0.2, 0) is 9.53 Å². The smallest absolute Gasteiger partial charge is 0.410 e. The van der Waals surface area contributed by atoms with E-state index < -0.39 is 17.2 Å². The van der Waals surface area contributed by atoms with Gasteiger partial charge in [-0.05, 0) is 60.8 Å². The molecular weight excluding hydrogens is 426 g/mol. The van der Waals surface area contributed by atoms with Crippen molar-refractivity contribution >= 4 is 23.8 Å². The number of nitrogens with zero attached hydrogens (tertiary/aromatic N) is 5. The molecule has 0 aliphatic carbocycles. The van der Waals surface area contributed by atoms with Crippen LogP contribution in [0.3, 0.4) is 0 Å². The van der Waals surface area contributed by atoms with Crippen LogP contribution >= 0.6 is 0 Å². The van der Waals surface area contributed by atoms with Crippen molar-refractivity contribution in [2.24, 2.45) is 0 Å². The zero-order chi connectivity index (χ0) is 24.4. The molecule has 33 heavy (non-hydrogen) atoms. The van der Waals surface area contributed by atoms with E-state index in [-0.39, 0.29) is 18.0 Å². The van der Waals surface area contributed by atoms with Gasteiger partial charge in [0.05, 0.1) is 0 Å². The zero-order valence-electron chi connectivity index (χ0n) is 20.7. The second-order valence-corrected chi connectivity index (χ2v) is 10.6. The van der Waals surface area contributed by atoms with E-state index in [0.29, 0.717) is 45.0 Å². The second kappa shape index (κ2) is 9.61. The summed E-state index contributed by atoms with van der Waals surface area (Å²) in [5.74, 6) is 0.285. The molecule has 1 aromatic rings. The van der Waals surface area contributed by atoms with Gasteiger partial charge in [-0.2, -0.15) is 0 Å². The summed E-state index contributed by atoms with van der Waals surface area (Å²) in [7, 11) is 0. The number of likely N-dealkylation sites (tertiary alicyclic amines) is 1. The van der Waals surface area contributed by atoms with Gasteiger partial charge in [0.25, 0.3) is 5.91 Å². The van der Waals surface area contributed by atoms with Crippen molar-refractivity contribution < 1.29 is 23.6 Å². The molecule has 184 valence electrons. The van der Waals surface area contributed by atoms with E-state index in [1.165, 1.54) is 6.26 Å². The monoisotopic (exact) mass is 463 g/mol. The number of piperidine rings is 1. The van der Waals surface area contributed by atoms with Crippen molar-refractivity contribution in [2.75, 3.05) is 37.6 Å². The van der Waals surface area contributed by atoms with Crippen LogP contribution in [0, 0.1) is 0 Å². The van der Waals surface area contributed by atoms with Crippen LogP contribution in [0.15, 0.2) is 16.9 Å². The van der Waals surface area contributed by atoms with Crippen LogP contribution in [0.25, 0.3) is 0 Å². The Kier molecular flexibility index (Phi) is 7.23. The van der Waals surface area contributed by atoms with E-state index in [9.17, 15) is 14.4 Å². The molecule has 3 rings (SSSR count). The molecule has 0 radical (unpaired) electrons. The molecule has 2 aliphatic heterocycles. The number of carbonyl (C=O) groups is 3. The minimum absolute atomic E-state index is 0.156. The van der Waals surface area contributed by atoms with Gasteiger partial charge in [0.2, 0.25) is 0 Å². The number of amides is 4. The van der Waals surface area contributed by atoms with Gasteiger partial charge in [0.1, 0.15) is 17.9 Å². The molecule has 0 bridgehead atoms. The first-order valence-corrected chi connectivity index (χ1v) is 11.7. The predicted molar refractivity (Wildman–Crippen MR) is 123 cm³/mol. The fourth-order valence-corrected chi connectivity index (χ4v) is 4.26. The normalized spacial score (nSPS) is 19.9. The zero-order valence-corrected chi connectivity index (χ0v) is 20.7. The van der Waals surface area contributed by atoms with Crippen molar-refractivity contribution in [3.63, 3.8) is 0 Å². The first-order chi connectivity index (χ1) is 15.4. The molecule has 0 N–H and O–H groups in total. The average molecular weight is 464 g/mol. The van der Waals surface area contributed by atoms with Gasteiger partial charge >= 0.3 is 12.1 Å². The lowest BCUT2D eigenvalue weighted by molar-refractivity contribution is -0.125. The van der Waals surface area contributed by atoms with Crippen LogP contribution < -0.4 is 4.90 Å². The maximum Gasteiger partial charge on any atom is 0.410 e. The SMILES string of the molecule is CC(C)(C)OC(=O)N1CCN(C(=O)N2CCCCC2C(=O)N(c2ccon2)C(C)(C)C)CC1. The minimum atomic E-state index is -0.564. The number of hydrogen-bond acceptors (Lipinski definition) is 6. The van der Waals surface area contributed by atoms with Crippen molar-refractivity contribution in [1.29, 1.82) is 0 Å². The molecule has 1 unspecified atom stereocenters. The highest BCUT2D eigenvalue weighted by Gasteiger charge is 2.41. The molecule has 1 aromatic heterocycles. The molecular formula is C23H37N5O5. The Morgan fingerprint density at radius 1 is 1.00 bits per heavy atom. The van der Waals surface area contributed by atoms with Gasteiger partial charge in [0, 0.05) is 44.3 Å². The first-order valence-electron chi connectivity index (χ1n) is 11.7.